The molecule has 0 aliphatic rings. The second kappa shape index (κ2) is 8.10. The maximum Gasteiger partial charge on any atom is 0.277 e. The third-order valence-electron chi connectivity index (χ3n) is 3.99. The van der Waals surface area contributed by atoms with Crippen molar-refractivity contribution in [3.05, 3.63) is 58.4 Å². The van der Waals surface area contributed by atoms with Gasteiger partial charge >= 0.3 is 0 Å². The van der Waals surface area contributed by atoms with Crippen molar-refractivity contribution in [3.63, 3.8) is 0 Å². The predicted octanol–water partition coefficient (Wildman–Crippen LogP) is 5.27. The largest absolute Gasteiger partial charge is 0.411 e. The first-order chi connectivity index (χ1) is 12.8. The Bertz CT molecular complexity index is 993. The third kappa shape index (κ3) is 4.67. The summed E-state index contributed by atoms with van der Waals surface area (Å²) in [5, 5.41) is 10.5. The maximum absolute atomic E-state index is 13.2. The van der Waals surface area contributed by atoms with Gasteiger partial charge in [0.05, 0.1) is 10.3 Å². The summed E-state index contributed by atoms with van der Waals surface area (Å²) in [5.41, 5.74) is 3.56. The molecule has 2 aromatic carbocycles. The van der Waals surface area contributed by atoms with Gasteiger partial charge in [-0.1, -0.05) is 29.4 Å². The number of benzene rings is 2. The van der Waals surface area contributed by atoms with Gasteiger partial charge in [-0.05, 0) is 62.2 Å². The molecule has 1 amide bonds. The number of anilines is 1. The van der Waals surface area contributed by atoms with Gasteiger partial charge in [-0.15, -0.1) is 10.2 Å². The number of rotatable bonds is 5. The van der Waals surface area contributed by atoms with E-state index in [1.54, 1.807) is 6.92 Å². The molecule has 0 bridgehead atoms. The van der Waals surface area contributed by atoms with E-state index in [1.807, 2.05) is 32.0 Å². The van der Waals surface area contributed by atoms with Gasteiger partial charge in [0.2, 0.25) is 11.8 Å². The minimum absolute atomic E-state index is 0.0527. The molecule has 140 valence electrons. The van der Waals surface area contributed by atoms with Crippen molar-refractivity contribution in [3.8, 4) is 11.5 Å². The van der Waals surface area contributed by atoms with Crippen molar-refractivity contribution < 1.29 is 13.6 Å². The molecule has 0 aliphatic heterocycles. The number of nitrogens with zero attached hydrogens (tertiary/aromatic N) is 2. The number of aryl methyl sites for hydroxylation is 2. The fraction of sp³-hybridized carbons (Fsp3) is 0.211. The second-order valence-electron chi connectivity index (χ2n) is 6.05. The Morgan fingerprint density at radius 2 is 1.96 bits per heavy atom. The Morgan fingerprint density at radius 3 is 2.67 bits per heavy atom. The molecule has 27 heavy (non-hydrogen) atoms. The van der Waals surface area contributed by atoms with Crippen LogP contribution in [-0.4, -0.2) is 21.4 Å². The molecular formula is C19H17ClFN3O2S. The smallest absolute Gasteiger partial charge is 0.277 e. The predicted molar refractivity (Wildman–Crippen MR) is 105 cm³/mol. The summed E-state index contributed by atoms with van der Waals surface area (Å²) in [6.07, 6.45) is 0. The fourth-order valence-corrected chi connectivity index (χ4v) is 3.13. The molecule has 3 rings (SSSR count). The van der Waals surface area contributed by atoms with Gasteiger partial charge in [-0.2, -0.15) is 0 Å². The number of carbonyl (C=O) groups is 1. The van der Waals surface area contributed by atoms with E-state index in [1.165, 1.54) is 23.8 Å². The molecule has 0 radical (unpaired) electrons. The summed E-state index contributed by atoms with van der Waals surface area (Å²) in [6, 6.07) is 9.89. The molecule has 1 heterocycles. The first-order valence-electron chi connectivity index (χ1n) is 8.17. The van der Waals surface area contributed by atoms with E-state index in [-0.39, 0.29) is 10.9 Å². The lowest BCUT2D eigenvalue weighted by Gasteiger charge is -2.10. The quantitative estimate of drug-likeness (QED) is 0.586. The zero-order valence-corrected chi connectivity index (χ0v) is 16.5. The van der Waals surface area contributed by atoms with Crippen molar-refractivity contribution in [1.29, 1.82) is 0 Å². The van der Waals surface area contributed by atoms with Gasteiger partial charge in [-0.25, -0.2) is 4.39 Å². The number of hydrogen-bond donors (Lipinski definition) is 1. The first-order valence-corrected chi connectivity index (χ1v) is 9.43. The highest BCUT2D eigenvalue weighted by atomic mass is 35.5. The summed E-state index contributed by atoms with van der Waals surface area (Å²) in [4.78, 5) is 12.3. The van der Waals surface area contributed by atoms with Crippen LogP contribution in [0.4, 0.5) is 10.1 Å². The lowest BCUT2D eigenvalue weighted by atomic mass is 10.1. The second-order valence-corrected chi connectivity index (χ2v) is 7.75. The lowest BCUT2D eigenvalue weighted by molar-refractivity contribution is -0.115. The van der Waals surface area contributed by atoms with Gasteiger partial charge in [0, 0.05) is 11.3 Å². The Morgan fingerprint density at radius 1 is 1.19 bits per heavy atom. The van der Waals surface area contributed by atoms with Gasteiger partial charge < -0.3 is 9.73 Å². The molecule has 0 spiro atoms. The van der Waals surface area contributed by atoms with Crippen molar-refractivity contribution in [2.24, 2.45) is 0 Å². The van der Waals surface area contributed by atoms with Crippen molar-refractivity contribution >= 4 is 35.0 Å². The SMILES string of the molecule is Cc1ccc(-c2nnc(S[C@H](C)C(=O)Nc3ccc(F)c(Cl)c3)o2)cc1C. The zero-order valence-electron chi connectivity index (χ0n) is 14.9. The van der Waals surface area contributed by atoms with Gasteiger partial charge in [0.25, 0.3) is 5.22 Å². The number of hydrogen-bond acceptors (Lipinski definition) is 5. The lowest BCUT2D eigenvalue weighted by Crippen LogP contribution is -2.22. The number of carbonyl (C=O) groups excluding carboxylic acids is 1. The van der Waals surface area contributed by atoms with E-state index in [2.05, 4.69) is 15.5 Å². The normalized spacial score (nSPS) is 12.0. The van der Waals surface area contributed by atoms with Crippen molar-refractivity contribution in [1.82, 2.24) is 10.2 Å². The molecule has 1 aromatic heterocycles. The van der Waals surface area contributed by atoms with E-state index in [4.69, 9.17) is 16.0 Å². The van der Waals surface area contributed by atoms with Crippen LogP contribution in [0.2, 0.25) is 5.02 Å². The van der Waals surface area contributed by atoms with Crippen LogP contribution in [0, 0.1) is 19.7 Å². The van der Waals surface area contributed by atoms with Crippen LogP contribution in [-0.2, 0) is 4.79 Å². The standard InChI is InChI=1S/C19H17ClFN3O2S/c1-10-4-5-13(8-11(10)2)18-23-24-19(26-18)27-12(3)17(25)22-14-6-7-16(21)15(20)9-14/h4-9,12H,1-3H3,(H,22,25)/t12-/m1/s1. The molecule has 1 N–H and O–H groups in total. The first kappa shape index (κ1) is 19.4. The summed E-state index contributed by atoms with van der Waals surface area (Å²) in [7, 11) is 0. The van der Waals surface area contributed by atoms with E-state index >= 15 is 0 Å². The molecule has 0 aliphatic carbocycles. The molecule has 5 nitrogen and oxygen atoms in total. The van der Waals surface area contributed by atoms with Crippen LogP contribution in [0.1, 0.15) is 18.1 Å². The summed E-state index contributed by atoms with van der Waals surface area (Å²) in [5.74, 6) is -0.422. The number of halogens is 2. The number of nitrogens with one attached hydrogen (secondary N) is 1. The summed E-state index contributed by atoms with van der Waals surface area (Å²) < 4.78 is 18.9. The van der Waals surface area contributed by atoms with Gasteiger partial charge in [0.15, 0.2) is 0 Å². The van der Waals surface area contributed by atoms with Crippen LogP contribution < -0.4 is 5.32 Å². The fourth-order valence-electron chi connectivity index (χ4n) is 2.27. The van der Waals surface area contributed by atoms with Crippen molar-refractivity contribution in [2.75, 3.05) is 5.32 Å². The Kier molecular flexibility index (Phi) is 5.82. The Labute approximate surface area is 165 Å². The topological polar surface area (TPSA) is 68.0 Å². The molecule has 3 aromatic rings. The van der Waals surface area contributed by atoms with E-state index in [9.17, 15) is 9.18 Å². The number of amides is 1. The van der Waals surface area contributed by atoms with Gasteiger partial charge in [0.1, 0.15) is 5.82 Å². The molecular weight excluding hydrogens is 389 g/mol. The minimum atomic E-state index is -0.540. The molecule has 0 unspecified atom stereocenters. The summed E-state index contributed by atoms with van der Waals surface area (Å²) >= 11 is 6.87. The molecule has 1 atom stereocenters. The average molecular weight is 406 g/mol. The Balaban J connectivity index is 1.66. The van der Waals surface area contributed by atoms with Gasteiger partial charge in [-0.3, -0.25) is 4.79 Å². The van der Waals surface area contributed by atoms with Crippen LogP contribution in [0.3, 0.4) is 0 Å². The highest BCUT2D eigenvalue weighted by molar-refractivity contribution is 8.00. The van der Waals surface area contributed by atoms with Crippen LogP contribution >= 0.6 is 23.4 Å². The van der Waals surface area contributed by atoms with E-state index < -0.39 is 11.1 Å². The Hall–Kier alpha value is -2.38. The average Bonchev–Trinajstić information content (AvgIpc) is 3.09. The van der Waals surface area contributed by atoms with Crippen LogP contribution in [0.15, 0.2) is 46.0 Å². The maximum atomic E-state index is 13.2. The van der Waals surface area contributed by atoms with Crippen molar-refractivity contribution in [2.45, 2.75) is 31.2 Å². The highest BCUT2D eigenvalue weighted by Gasteiger charge is 2.19. The molecule has 0 saturated heterocycles. The van der Waals surface area contributed by atoms with E-state index in [0.717, 1.165) is 22.9 Å². The van der Waals surface area contributed by atoms with E-state index in [0.29, 0.717) is 16.8 Å². The third-order valence-corrected chi connectivity index (χ3v) is 5.22. The molecule has 0 fully saturated rings. The zero-order chi connectivity index (χ0) is 19.6. The molecule has 0 saturated carbocycles. The highest BCUT2D eigenvalue weighted by Crippen LogP contribution is 2.28. The van der Waals surface area contributed by atoms with Crippen LogP contribution in [0.5, 0.6) is 0 Å². The van der Waals surface area contributed by atoms with Crippen LogP contribution in [0.25, 0.3) is 11.5 Å². The molecule has 8 heteroatoms. The number of thioether (sulfide) groups is 1. The monoisotopic (exact) mass is 405 g/mol. The minimum Gasteiger partial charge on any atom is -0.411 e. The summed E-state index contributed by atoms with van der Waals surface area (Å²) in [6.45, 7) is 5.76. The number of aromatic nitrogens is 2.